The zero-order chi connectivity index (χ0) is 24.2. The van der Waals surface area contributed by atoms with Crippen LogP contribution in [0.1, 0.15) is 27.0 Å². The summed E-state index contributed by atoms with van der Waals surface area (Å²) in [5.74, 6) is -0.827. The minimum Gasteiger partial charge on any atom is -0.423 e. The van der Waals surface area contributed by atoms with Crippen LogP contribution in [0.2, 0.25) is 0 Å². The summed E-state index contributed by atoms with van der Waals surface area (Å²) in [5.41, 5.74) is 2.52. The summed E-state index contributed by atoms with van der Waals surface area (Å²) in [5, 5.41) is 10.4. The van der Waals surface area contributed by atoms with Crippen LogP contribution in [-0.4, -0.2) is 26.9 Å². The Morgan fingerprint density at radius 3 is 2.50 bits per heavy atom. The molecule has 34 heavy (non-hydrogen) atoms. The lowest BCUT2D eigenvalue weighted by Crippen LogP contribution is -2.27. The van der Waals surface area contributed by atoms with Crippen LogP contribution in [0.4, 0.5) is 10.5 Å². The summed E-state index contributed by atoms with van der Waals surface area (Å²) in [6.07, 6.45) is 1.57. The maximum absolute atomic E-state index is 12.8. The van der Waals surface area contributed by atoms with Crippen LogP contribution in [-0.2, 0) is 11.3 Å². The van der Waals surface area contributed by atoms with Crippen LogP contribution in [0.5, 0.6) is 5.75 Å². The number of nitrogens with zero attached hydrogens (tertiary/aromatic N) is 2. The number of hydrogen-bond acceptors (Lipinski definition) is 7. The van der Waals surface area contributed by atoms with Gasteiger partial charge in [-0.25, -0.2) is 4.79 Å². The number of benzene rings is 3. The Labute approximate surface area is 199 Å². The first kappa shape index (κ1) is 22.9. The molecule has 3 aromatic rings. The fourth-order valence-corrected chi connectivity index (χ4v) is 4.17. The molecular formula is C25H18N2O6S. The number of amides is 2. The predicted molar refractivity (Wildman–Crippen MR) is 127 cm³/mol. The van der Waals surface area contributed by atoms with Crippen molar-refractivity contribution in [2.45, 2.75) is 13.5 Å². The van der Waals surface area contributed by atoms with Gasteiger partial charge in [-0.15, -0.1) is 0 Å². The van der Waals surface area contributed by atoms with Crippen molar-refractivity contribution in [3.8, 4) is 5.75 Å². The predicted octanol–water partition coefficient (Wildman–Crippen LogP) is 5.36. The molecule has 1 aliphatic rings. The van der Waals surface area contributed by atoms with E-state index < -0.39 is 10.9 Å². The molecule has 0 spiro atoms. The van der Waals surface area contributed by atoms with E-state index in [4.69, 9.17) is 4.74 Å². The lowest BCUT2D eigenvalue weighted by Gasteiger charge is -2.12. The molecule has 0 radical (unpaired) electrons. The number of imide groups is 1. The average Bonchev–Trinajstić information content (AvgIpc) is 3.06. The molecule has 0 saturated carbocycles. The number of carbonyl (C=O) groups is 3. The van der Waals surface area contributed by atoms with Crippen molar-refractivity contribution in [1.29, 1.82) is 0 Å². The number of non-ortho nitro benzene ring substituents is 1. The van der Waals surface area contributed by atoms with Crippen LogP contribution < -0.4 is 4.74 Å². The van der Waals surface area contributed by atoms with Gasteiger partial charge in [0.25, 0.3) is 16.8 Å². The van der Waals surface area contributed by atoms with Crippen molar-refractivity contribution in [2.24, 2.45) is 0 Å². The zero-order valence-corrected chi connectivity index (χ0v) is 18.8. The molecule has 1 saturated heterocycles. The highest BCUT2D eigenvalue weighted by molar-refractivity contribution is 8.18. The lowest BCUT2D eigenvalue weighted by atomic mass is 10.1. The quantitative estimate of drug-likeness (QED) is 0.156. The van der Waals surface area contributed by atoms with Gasteiger partial charge in [0, 0.05) is 12.1 Å². The van der Waals surface area contributed by atoms with E-state index >= 15 is 0 Å². The average molecular weight is 474 g/mol. The van der Waals surface area contributed by atoms with E-state index in [0.717, 1.165) is 22.9 Å². The highest BCUT2D eigenvalue weighted by Crippen LogP contribution is 2.33. The van der Waals surface area contributed by atoms with Crippen molar-refractivity contribution >= 4 is 40.6 Å². The molecule has 1 fully saturated rings. The van der Waals surface area contributed by atoms with Gasteiger partial charge in [-0.3, -0.25) is 24.6 Å². The van der Waals surface area contributed by atoms with Crippen LogP contribution in [0.3, 0.4) is 0 Å². The SMILES string of the molecule is Cc1cccc(CN2C(=O)S/C(=C\c3cccc(OC(=O)c4ccc([N+](=O)[O-])cc4)c3)C2=O)c1. The smallest absolute Gasteiger partial charge is 0.343 e. The van der Waals surface area contributed by atoms with E-state index in [9.17, 15) is 24.5 Å². The van der Waals surface area contributed by atoms with E-state index in [1.54, 1.807) is 30.3 Å². The third kappa shape index (κ3) is 5.21. The maximum atomic E-state index is 12.8. The Kier molecular flexibility index (Phi) is 6.55. The number of ether oxygens (including phenoxy) is 1. The molecule has 3 aromatic carbocycles. The monoisotopic (exact) mass is 474 g/mol. The number of thioether (sulfide) groups is 1. The minimum atomic E-state index is -0.675. The molecule has 1 heterocycles. The second kappa shape index (κ2) is 9.72. The fourth-order valence-electron chi connectivity index (χ4n) is 3.33. The van der Waals surface area contributed by atoms with Gasteiger partial charge in [-0.2, -0.15) is 0 Å². The number of hydrogen-bond donors (Lipinski definition) is 0. The third-order valence-corrected chi connectivity index (χ3v) is 5.88. The van der Waals surface area contributed by atoms with Gasteiger partial charge in [0.2, 0.25) is 0 Å². The standard InChI is InChI=1S/C25H18N2O6S/c1-16-4-2-6-18(12-16)15-26-23(28)22(34-25(26)30)14-17-5-3-7-21(13-17)33-24(29)19-8-10-20(11-9-19)27(31)32/h2-14H,15H2,1H3/b22-14-. The Morgan fingerprint density at radius 2 is 1.79 bits per heavy atom. The first-order valence-corrected chi connectivity index (χ1v) is 11.0. The summed E-state index contributed by atoms with van der Waals surface area (Å²) in [7, 11) is 0. The summed E-state index contributed by atoms with van der Waals surface area (Å²) in [6, 6.07) is 19.2. The van der Waals surface area contributed by atoms with E-state index in [0.29, 0.717) is 5.56 Å². The van der Waals surface area contributed by atoms with Crippen LogP contribution >= 0.6 is 11.8 Å². The summed E-state index contributed by atoms with van der Waals surface area (Å²) >= 11 is 0.856. The molecule has 9 heteroatoms. The molecule has 8 nitrogen and oxygen atoms in total. The Balaban J connectivity index is 1.47. The first-order valence-electron chi connectivity index (χ1n) is 10.2. The van der Waals surface area contributed by atoms with Crippen LogP contribution in [0.15, 0.2) is 77.7 Å². The molecule has 170 valence electrons. The minimum absolute atomic E-state index is 0.130. The van der Waals surface area contributed by atoms with Crippen LogP contribution in [0.25, 0.3) is 6.08 Å². The van der Waals surface area contributed by atoms with Crippen LogP contribution in [0, 0.1) is 17.0 Å². The Morgan fingerprint density at radius 1 is 1.06 bits per heavy atom. The molecule has 0 aliphatic carbocycles. The molecule has 2 amide bonds. The molecule has 0 aromatic heterocycles. The topological polar surface area (TPSA) is 107 Å². The van der Waals surface area contributed by atoms with Gasteiger partial charge in [0.1, 0.15) is 5.75 Å². The van der Waals surface area contributed by atoms with Gasteiger partial charge in [-0.1, -0.05) is 42.0 Å². The van der Waals surface area contributed by atoms with Gasteiger partial charge in [0.05, 0.1) is 21.9 Å². The Bertz CT molecular complexity index is 1330. The molecule has 0 N–H and O–H groups in total. The second-order valence-electron chi connectivity index (χ2n) is 7.52. The van der Waals surface area contributed by atoms with Gasteiger partial charge < -0.3 is 4.74 Å². The zero-order valence-electron chi connectivity index (χ0n) is 18.0. The number of nitro benzene ring substituents is 1. The number of rotatable bonds is 6. The highest BCUT2D eigenvalue weighted by Gasteiger charge is 2.35. The fraction of sp³-hybridized carbons (Fsp3) is 0.0800. The van der Waals surface area contributed by atoms with Crippen molar-refractivity contribution in [1.82, 2.24) is 4.90 Å². The number of carbonyl (C=O) groups excluding carboxylic acids is 3. The number of nitro groups is 1. The highest BCUT2D eigenvalue weighted by atomic mass is 32.2. The molecule has 1 aliphatic heterocycles. The molecule has 0 bridgehead atoms. The molecule has 4 rings (SSSR count). The van der Waals surface area contributed by atoms with E-state index in [-0.39, 0.29) is 39.6 Å². The van der Waals surface area contributed by atoms with Crippen molar-refractivity contribution in [2.75, 3.05) is 0 Å². The van der Waals surface area contributed by atoms with Crippen molar-refractivity contribution in [3.05, 3.63) is 110 Å². The molecule has 0 unspecified atom stereocenters. The first-order chi connectivity index (χ1) is 16.3. The van der Waals surface area contributed by atoms with Gasteiger partial charge in [-0.05, 0) is 60.2 Å². The summed E-state index contributed by atoms with van der Waals surface area (Å²) in [6.45, 7) is 2.13. The largest absolute Gasteiger partial charge is 0.423 e. The molecule has 0 atom stereocenters. The Hall–Kier alpha value is -4.24. The van der Waals surface area contributed by atoms with Crippen molar-refractivity contribution in [3.63, 3.8) is 0 Å². The van der Waals surface area contributed by atoms with Crippen molar-refractivity contribution < 1.29 is 24.0 Å². The van der Waals surface area contributed by atoms with Gasteiger partial charge >= 0.3 is 5.97 Å². The number of esters is 1. The summed E-state index contributed by atoms with van der Waals surface area (Å²) < 4.78 is 5.36. The lowest BCUT2D eigenvalue weighted by molar-refractivity contribution is -0.384. The third-order valence-electron chi connectivity index (χ3n) is 4.98. The maximum Gasteiger partial charge on any atom is 0.343 e. The molecular weight excluding hydrogens is 456 g/mol. The summed E-state index contributed by atoms with van der Waals surface area (Å²) in [4.78, 5) is 49.3. The number of aryl methyl sites for hydroxylation is 1. The normalized spacial score (nSPS) is 14.5. The second-order valence-corrected chi connectivity index (χ2v) is 8.52. The van der Waals surface area contributed by atoms with Gasteiger partial charge in [0.15, 0.2) is 0 Å². The van der Waals surface area contributed by atoms with E-state index in [1.165, 1.54) is 29.2 Å². The van der Waals surface area contributed by atoms with E-state index in [2.05, 4.69) is 0 Å². The van der Waals surface area contributed by atoms with E-state index in [1.807, 2.05) is 31.2 Å².